The summed E-state index contributed by atoms with van der Waals surface area (Å²) in [5.41, 5.74) is 0. The maximum absolute atomic E-state index is 12.4. The van der Waals surface area contributed by atoms with Crippen LogP contribution >= 0.6 is 0 Å². The second-order valence-corrected chi connectivity index (χ2v) is 8.36. The molecule has 2 rings (SSSR count). The van der Waals surface area contributed by atoms with Crippen molar-refractivity contribution in [2.45, 2.75) is 26.2 Å². The SMILES string of the molecule is CC1CCCN(C(=O)CN2CCCN(S(C)(=O)=O)CC2)C1. The van der Waals surface area contributed by atoms with Gasteiger partial charge < -0.3 is 4.90 Å². The van der Waals surface area contributed by atoms with Crippen LogP contribution in [0.25, 0.3) is 0 Å². The van der Waals surface area contributed by atoms with Gasteiger partial charge in [-0.05, 0) is 31.7 Å². The van der Waals surface area contributed by atoms with E-state index in [4.69, 9.17) is 0 Å². The predicted octanol–water partition coefficient (Wildman–Crippen LogP) is 0.212. The van der Waals surface area contributed by atoms with E-state index in [1.165, 1.54) is 17.0 Å². The van der Waals surface area contributed by atoms with E-state index in [1.54, 1.807) is 0 Å². The van der Waals surface area contributed by atoms with Crippen LogP contribution in [-0.4, -0.2) is 80.5 Å². The van der Waals surface area contributed by atoms with Gasteiger partial charge in [-0.15, -0.1) is 0 Å². The molecule has 0 radical (unpaired) electrons. The molecule has 0 N–H and O–H groups in total. The molecule has 2 heterocycles. The van der Waals surface area contributed by atoms with Gasteiger partial charge in [0, 0.05) is 32.7 Å². The minimum Gasteiger partial charge on any atom is -0.341 e. The highest BCUT2D eigenvalue weighted by atomic mass is 32.2. The summed E-state index contributed by atoms with van der Waals surface area (Å²) in [7, 11) is -3.12. The minimum atomic E-state index is -3.12. The number of hydrogen-bond donors (Lipinski definition) is 0. The first-order chi connectivity index (χ1) is 9.86. The van der Waals surface area contributed by atoms with E-state index in [0.29, 0.717) is 32.1 Å². The van der Waals surface area contributed by atoms with Gasteiger partial charge in [-0.3, -0.25) is 9.69 Å². The lowest BCUT2D eigenvalue weighted by Gasteiger charge is -2.32. The molecule has 1 atom stereocenters. The number of piperidine rings is 1. The molecular formula is C14H27N3O3S. The van der Waals surface area contributed by atoms with Crippen LogP contribution in [0.4, 0.5) is 0 Å². The maximum atomic E-state index is 12.4. The zero-order valence-electron chi connectivity index (χ0n) is 13.1. The van der Waals surface area contributed by atoms with Gasteiger partial charge in [0.2, 0.25) is 15.9 Å². The number of carbonyl (C=O) groups excluding carboxylic acids is 1. The van der Waals surface area contributed by atoms with E-state index in [9.17, 15) is 13.2 Å². The van der Waals surface area contributed by atoms with Crippen molar-refractivity contribution in [2.75, 3.05) is 52.1 Å². The van der Waals surface area contributed by atoms with Crippen molar-refractivity contribution >= 4 is 15.9 Å². The average molecular weight is 317 g/mol. The molecule has 21 heavy (non-hydrogen) atoms. The molecule has 122 valence electrons. The van der Waals surface area contributed by atoms with Gasteiger partial charge in [-0.25, -0.2) is 12.7 Å². The zero-order chi connectivity index (χ0) is 15.5. The Labute approximate surface area is 128 Å². The summed E-state index contributed by atoms with van der Waals surface area (Å²) in [5, 5.41) is 0. The summed E-state index contributed by atoms with van der Waals surface area (Å²) in [6.07, 6.45) is 4.34. The summed E-state index contributed by atoms with van der Waals surface area (Å²) in [5.74, 6) is 0.780. The first kappa shape index (κ1) is 16.7. The van der Waals surface area contributed by atoms with Crippen LogP contribution in [0, 0.1) is 5.92 Å². The van der Waals surface area contributed by atoms with Crippen LogP contribution in [0.1, 0.15) is 26.2 Å². The fourth-order valence-electron chi connectivity index (χ4n) is 3.14. The van der Waals surface area contributed by atoms with Crippen LogP contribution < -0.4 is 0 Å². The number of carbonyl (C=O) groups is 1. The maximum Gasteiger partial charge on any atom is 0.236 e. The largest absolute Gasteiger partial charge is 0.341 e. The summed E-state index contributed by atoms with van der Waals surface area (Å²) >= 11 is 0. The average Bonchev–Trinajstić information content (AvgIpc) is 2.64. The lowest BCUT2D eigenvalue weighted by molar-refractivity contribution is -0.134. The van der Waals surface area contributed by atoms with Crippen LogP contribution in [0.3, 0.4) is 0 Å². The Balaban J connectivity index is 1.84. The molecule has 7 heteroatoms. The first-order valence-corrected chi connectivity index (χ1v) is 9.66. The molecule has 2 fully saturated rings. The van der Waals surface area contributed by atoms with Crippen LogP contribution in [0.2, 0.25) is 0 Å². The molecule has 2 saturated heterocycles. The Bertz CT molecular complexity index is 466. The lowest BCUT2D eigenvalue weighted by Crippen LogP contribution is -2.45. The summed E-state index contributed by atoms with van der Waals surface area (Å²) < 4.78 is 24.7. The molecule has 0 aliphatic carbocycles. The monoisotopic (exact) mass is 317 g/mol. The number of hydrogen-bond acceptors (Lipinski definition) is 4. The molecule has 1 unspecified atom stereocenters. The Kier molecular flexibility index (Phi) is 5.62. The van der Waals surface area contributed by atoms with Gasteiger partial charge in [0.05, 0.1) is 12.8 Å². The fourth-order valence-corrected chi connectivity index (χ4v) is 4.02. The van der Waals surface area contributed by atoms with E-state index in [-0.39, 0.29) is 5.91 Å². The minimum absolute atomic E-state index is 0.189. The highest BCUT2D eigenvalue weighted by molar-refractivity contribution is 7.88. The van der Waals surface area contributed by atoms with Crippen molar-refractivity contribution in [3.63, 3.8) is 0 Å². The molecule has 0 spiro atoms. The molecule has 0 aromatic heterocycles. The third-order valence-electron chi connectivity index (χ3n) is 4.39. The molecular weight excluding hydrogens is 290 g/mol. The van der Waals surface area contributed by atoms with Gasteiger partial charge in [0.25, 0.3) is 0 Å². The van der Waals surface area contributed by atoms with Gasteiger partial charge in [-0.2, -0.15) is 0 Å². The highest BCUT2D eigenvalue weighted by Crippen LogP contribution is 2.16. The quantitative estimate of drug-likeness (QED) is 0.747. The summed E-state index contributed by atoms with van der Waals surface area (Å²) in [4.78, 5) is 16.4. The van der Waals surface area contributed by atoms with Gasteiger partial charge in [-0.1, -0.05) is 6.92 Å². The molecule has 6 nitrogen and oxygen atoms in total. The number of sulfonamides is 1. The smallest absolute Gasteiger partial charge is 0.236 e. The number of likely N-dealkylation sites (tertiary alicyclic amines) is 1. The Morgan fingerprint density at radius 2 is 1.86 bits per heavy atom. The fraction of sp³-hybridized carbons (Fsp3) is 0.929. The zero-order valence-corrected chi connectivity index (χ0v) is 13.9. The third kappa shape index (κ3) is 4.93. The predicted molar refractivity (Wildman–Crippen MR) is 82.5 cm³/mol. The topological polar surface area (TPSA) is 60.9 Å². The third-order valence-corrected chi connectivity index (χ3v) is 5.69. The van der Waals surface area contributed by atoms with E-state index in [2.05, 4.69) is 11.8 Å². The molecule has 0 aromatic rings. The molecule has 2 aliphatic heterocycles. The summed E-state index contributed by atoms with van der Waals surface area (Å²) in [6.45, 7) is 6.82. The number of nitrogens with zero attached hydrogens (tertiary/aromatic N) is 3. The normalized spacial score (nSPS) is 26.6. The first-order valence-electron chi connectivity index (χ1n) is 7.81. The second kappa shape index (κ2) is 7.07. The molecule has 2 aliphatic rings. The Hall–Kier alpha value is -0.660. The molecule has 0 bridgehead atoms. The van der Waals surface area contributed by atoms with Gasteiger partial charge in [0.15, 0.2) is 0 Å². The van der Waals surface area contributed by atoms with Crippen LogP contribution in [0.5, 0.6) is 0 Å². The van der Waals surface area contributed by atoms with E-state index in [0.717, 1.165) is 32.5 Å². The van der Waals surface area contributed by atoms with E-state index >= 15 is 0 Å². The second-order valence-electron chi connectivity index (χ2n) is 6.38. The van der Waals surface area contributed by atoms with Crippen molar-refractivity contribution in [3.8, 4) is 0 Å². The molecule has 0 saturated carbocycles. The standard InChI is InChI=1S/C14H27N3O3S/c1-13-5-3-7-16(11-13)14(18)12-15-6-4-8-17(10-9-15)21(2,19)20/h13H,3-12H2,1-2H3. The van der Waals surface area contributed by atoms with Gasteiger partial charge >= 0.3 is 0 Å². The van der Waals surface area contributed by atoms with E-state index < -0.39 is 10.0 Å². The van der Waals surface area contributed by atoms with Crippen molar-refractivity contribution in [1.29, 1.82) is 0 Å². The Morgan fingerprint density at radius 1 is 1.10 bits per heavy atom. The molecule has 0 aromatic carbocycles. The van der Waals surface area contributed by atoms with Crippen molar-refractivity contribution in [1.82, 2.24) is 14.1 Å². The lowest BCUT2D eigenvalue weighted by atomic mass is 10.0. The Morgan fingerprint density at radius 3 is 2.52 bits per heavy atom. The molecule has 1 amide bonds. The highest BCUT2D eigenvalue weighted by Gasteiger charge is 2.25. The summed E-state index contributed by atoms with van der Waals surface area (Å²) in [6, 6.07) is 0. The van der Waals surface area contributed by atoms with E-state index in [1.807, 2.05) is 4.90 Å². The van der Waals surface area contributed by atoms with Gasteiger partial charge in [0.1, 0.15) is 0 Å². The number of rotatable bonds is 3. The van der Waals surface area contributed by atoms with Crippen LogP contribution in [0.15, 0.2) is 0 Å². The van der Waals surface area contributed by atoms with Crippen molar-refractivity contribution in [3.05, 3.63) is 0 Å². The van der Waals surface area contributed by atoms with Crippen LogP contribution in [-0.2, 0) is 14.8 Å². The number of amides is 1. The van der Waals surface area contributed by atoms with Crippen molar-refractivity contribution in [2.24, 2.45) is 5.92 Å². The van der Waals surface area contributed by atoms with Crippen molar-refractivity contribution < 1.29 is 13.2 Å².